The Labute approximate surface area is 304 Å². The molecule has 0 saturated heterocycles. The number of nitrogens with one attached hydrogen (secondary N) is 2. The van der Waals surface area contributed by atoms with Crippen LogP contribution in [0.25, 0.3) is 0 Å². The van der Waals surface area contributed by atoms with Crippen LogP contribution in [0.4, 0.5) is 0 Å². The van der Waals surface area contributed by atoms with Crippen LogP contribution >= 0.6 is 0 Å². The quantitative estimate of drug-likeness (QED) is 0.0584. The Bertz CT molecular complexity index is 1500. The Kier molecular flexibility index (Phi) is 17.2. The molecule has 3 N–H and O–H groups in total. The van der Waals surface area contributed by atoms with Crippen molar-refractivity contribution in [1.29, 1.82) is 0 Å². The second-order valence-corrected chi connectivity index (χ2v) is 14.2. The lowest BCUT2D eigenvalue weighted by molar-refractivity contribution is -0.151. The molecule has 0 bridgehead atoms. The predicted molar refractivity (Wildman–Crippen MR) is 203 cm³/mol. The minimum atomic E-state index is -0.687. The Morgan fingerprint density at radius 1 is 0.804 bits per heavy atom. The highest BCUT2D eigenvalue weighted by Crippen LogP contribution is 2.23. The van der Waals surface area contributed by atoms with Crippen LogP contribution in [-0.4, -0.2) is 48.2 Å². The van der Waals surface area contributed by atoms with Crippen molar-refractivity contribution in [3.8, 4) is 5.75 Å². The lowest BCUT2D eigenvalue weighted by Gasteiger charge is -2.32. The van der Waals surface area contributed by atoms with E-state index in [1.165, 1.54) is 0 Å². The second kappa shape index (κ2) is 21.5. The van der Waals surface area contributed by atoms with Crippen molar-refractivity contribution in [2.45, 2.75) is 84.4 Å². The van der Waals surface area contributed by atoms with E-state index in [-0.39, 0.29) is 49.8 Å². The molecule has 8 heteroatoms. The number of aliphatic hydroxyl groups excluding tert-OH is 1. The first-order valence-electron chi connectivity index (χ1n) is 17.9. The van der Waals surface area contributed by atoms with Crippen LogP contribution in [0, 0.1) is 17.3 Å². The van der Waals surface area contributed by atoms with Crippen molar-refractivity contribution in [2.75, 3.05) is 13.2 Å². The lowest BCUT2D eigenvalue weighted by atomic mass is 9.86. The molecule has 3 aromatic carbocycles. The van der Waals surface area contributed by atoms with E-state index in [0.717, 1.165) is 35.3 Å². The largest absolute Gasteiger partial charge is 0.489 e. The number of benzene rings is 3. The molecular formula is C43H56N2O6. The van der Waals surface area contributed by atoms with Gasteiger partial charge in [0.25, 0.3) is 0 Å². The zero-order valence-electron chi connectivity index (χ0n) is 30.5. The molecule has 3 rings (SSSR count). The fourth-order valence-electron chi connectivity index (χ4n) is 5.69. The summed E-state index contributed by atoms with van der Waals surface area (Å²) in [6.07, 6.45) is 6.97. The molecule has 0 fully saturated rings. The van der Waals surface area contributed by atoms with E-state index in [0.29, 0.717) is 25.9 Å². The monoisotopic (exact) mass is 696 g/mol. The standard InChI is InChI=1S/C43H56N2O6/c1-6-8-11-21-36(26-32-17-12-9-13-18-32)42(49)51-31-39(43(3,4)5)45-41(48)35(16-7-2)28-40(47)44-37(29-46)27-33-22-24-38(25-23-33)50-30-34-19-14-10-15-20-34/h6-7,9-10,12-15,17-20,22-25,35-37,39,46H,1-2,8,11,16,21,26-31H2,3-5H3,(H,44,47)(H,45,48). The van der Waals surface area contributed by atoms with Gasteiger partial charge in [0.1, 0.15) is 19.0 Å². The maximum absolute atomic E-state index is 13.6. The van der Waals surface area contributed by atoms with Crippen molar-refractivity contribution in [2.24, 2.45) is 17.3 Å². The zero-order valence-corrected chi connectivity index (χ0v) is 30.5. The zero-order chi connectivity index (χ0) is 37.1. The van der Waals surface area contributed by atoms with Crippen LogP contribution in [-0.2, 0) is 38.6 Å². The molecule has 0 spiro atoms. The predicted octanol–water partition coefficient (Wildman–Crippen LogP) is 7.16. The van der Waals surface area contributed by atoms with Crippen molar-refractivity contribution < 1.29 is 29.0 Å². The second-order valence-electron chi connectivity index (χ2n) is 14.2. The molecular weight excluding hydrogens is 640 g/mol. The molecule has 0 radical (unpaired) electrons. The molecule has 0 saturated carbocycles. The number of aliphatic hydroxyl groups is 1. The van der Waals surface area contributed by atoms with E-state index in [9.17, 15) is 19.5 Å². The van der Waals surface area contributed by atoms with Crippen molar-refractivity contribution in [1.82, 2.24) is 10.6 Å². The first kappa shape index (κ1) is 40.7. The minimum absolute atomic E-state index is 0.0104. The average molecular weight is 697 g/mol. The van der Waals surface area contributed by atoms with Gasteiger partial charge in [0, 0.05) is 6.42 Å². The first-order valence-corrected chi connectivity index (χ1v) is 17.9. The molecule has 2 amide bonds. The summed E-state index contributed by atoms with van der Waals surface area (Å²) in [6, 6.07) is 26.3. The smallest absolute Gasteiger partial charge is 0.309 e. The molecule has 0 aliphatic carbocycles. The number of esters is 1. The summed E-state index contributed by atoms with van der Waals surface area (Å²) in [5.41, 5.74) is 2.63. The van der Waals surface area contributed by atoms with Gasteiger partial charge in [-0.05, 0) is 72.8 Å². The third kappa shape index (κ3) is 15.0. The molecule has 0 aliphatic rings. The summed E-state index contributed by atoms with van der Waals surface area (Å²) in [6.45, 7) is 13.7. The van der Waals surface area contributed by atoms with Crippen molar-refractivity contribution >= 4 is 17.8 Å². The van der Waals surface area contributed by atoms with Gasteiger partial charge in [0.2, 0.25) is 11.8 Å². The maximum atomic E-state index is 13.6. The first-order chi connectivity index (χ1) is 24.5. The van der Waals surface area contributed by atoms with Gasteiger partial charge in [0.15, 0.2) is 0 Å². The van der Waals surface area contributed by atoms with Crippen LogP contribution in [0.1, 0.15) is 69.6 Å². The summed E-state index contributed by atoms with van der Waals surface area (Å²) >= 11 is 0. The van der Waals surface area contributed by atoms with E-state index < -0.39 is 23.4 Å². The third-order valence-corrected chi connectivity index (χ3v) is 8.87. The average Bonchev–Trinajstić information content (AvgIpc) is 3.12. The SMILES string of the molecule is C=CCCCC(Cc1ccccc1)C(=O)OCC(NC(=O)C(CC=C)CC(=O)NC(CO)Cc1ccc(OCc2ccccc2)cc1)C(C)(C)C. The van der Waals surface area contributed by atoms with Crippen molar-refractivity contribution in [3.05, 3.63) is 127 Å². The van der Waals surface area contributed by atoms with Crippen molar-refractivity contribution in [3.63, 3.8) is 0 Å². The van der Waals surface area contributed by atoms with E-state index in [1.807, 2.05) is 112 Å². The number of carbonyl (C=O) groups excluding carboxylic acids is 3. The maximum Gasteiger partial charge on any atom is 0.309 e. The van der Waals surface area contributed by atoms with Crippen LogP contribution in [0.15, 0.2) is 110 Å². The molecule has 274 valence electrons. The highest BCUT2D eigenvalue weighted by atomic mass is 16.5. The lowest BCUT2D eigenvalue weighted by Crippen LogP contribution is -2.50. The Balaban J connectivity index is 1.56. The van der Waals surface area contributed by atoms with Gasteiger partial charge >= 0.3 is 5.97 Å². The molecule has 0 aromatic heterocycles. The van der Waals surface area contributed by atoms with Gasteiger partial charge in [-0.15, -0.1) is 13.2 Å². The van der Waals surface area contributed by atoms with Crippen LogP contribution in [0.3, 0.4) is 0 Å². The molecule has 0 aliphatic heterocycles. The minimum Gasteiger partial charge on any atom is -0.489 e. The normalized spacial score (nSPS) is 13.6. The number of amides is 2. The van der Waals surface area contributed by atoms with Gasteiger partial charge < -0.3 is 25.2 Å². The number of unbranched alkanes of at least 4 members (excludes halogenated alkanes) is 1. The number of hydrogen-bond acceptors (Lipinski definition) is 6. The summed E-state index contributed by atoms with van der Waals surface area (Å²) in [5, 5.41) is 16.0. The summed E-state index contributed by atoms with van der Waals surface area (Å²) in [7, 11) is 0. The highest BCUT2D eigenvalue weighted by molar-refractivity contribution is 5.86. The van der Waals surface area contributed by atoms with E-state index >= 15 is 0 Å². The molecule has 51 heavy (non-hydrogen) atoms. The number of rotatable bonds is 22. The van der Waals surface area contributed by atoms with E-state index in [1.54, 1.807) is 6.08 Å². The van der Waals surface area contributed by atoms with Crippen LogP contribution in [0.2, 0.25) is 0 Å². The van der Waals surface area contributed by atoms with Gasteiger partial charge in [-0.25, -0.2) is 0 Å². The molecule has 8 nitrogen and oxygen atoms in total. The number of carbonyl (C=O) groups is 3. The fraction of sp³-hybridized carbons (Fsp3) is 0.419. The summed E-state index contributed by atoms with van der Waals surface area (Å²) < 4.78 is 11.7. The molecule has 4 unspecified atom stereocenters. The van der Waals surface area contributed by atoms with Gasteiger partial charge in [0.05, 0.1) is 30.5 Å². The third-order valence-electron chi connectivity index (χ3n) is 8.87. The summed E-state index contributed by atoms with van der Waals surface area (Å²) in [5.74, 6) is -1.23. The number of allylic oxidation sites excluding steroid dienone is 2. The van der Waals surface area contributed by atoms with Crippen LogP contribution < -0.4 is 15.4 Å². The van der Waals surface area contributed by atoms with Crippen LogP contribution in [0.5, 0.6) is 5.75 Å². The molecule has 0 heterocycles. The van der Waals surface area contributed by atoms with Gasteiger partial charge in [-0.3, -0.25) is 14.4 Å². The topological polar surface area (TPSA) is 114 Å². The highest BCUT2D eigenvalue weighted by Gasteiger charge is 2.32. The van der Waals surface area contributed by atoms with E-state index in [4.69, 9.17) is 9.47 Å². The number of hydrogen-bond donors (Lipinski definition) is 3. The Morgan fingerprint density at radius 2 is 1.43 bits per heavy atom. The fourth-order valence-corrected chi connectivity index (χ4v) is 5.69. The molecule has 4 atom stereocenters. The Morgan fingerprint density at radius 3 is 2.02 bits per heavy atom. The van der Waals surface area contributed by atoms with Gasteiger partial charge in [-0.1, -0.05) is 106 Å². The summed E-state index contributed by atoms with van der Waals surface area (Å²) in [4.78, 5) is 40.1. The van der Waals surface area contributed by atoms with E-state index in [2.05, 4.69) is 23.8 Å². The number of ether oxygens (including phenoxy) is 2. The Hall–Kier alpha value is -4.69. The van der Waals surface area contributed by atoms with Gasteiger partial charge in [-0.2, -0.15) is 0 Å². The molecule has 3 aromatic rings.